The maximum absolute atomic E-state index is 12.5. The minimum absolute atomic E-state index is 0.295. The minimum Gasteiger partial charge on any atom is -0.430 e. The first kappa shape index (κ1) is 13.9. The Hall–Kier alpha value is -1.54. The molecule has 1 aliphatic rings. The maximum atomic E-state index is 12.5. The molecule has 0 fully saturated rings. The van der Waals surface area contributed by atoms with E-state index in [0.717, 1.165) is 18.3 Å². The summed E-state index contributed by atoms with van der Waals surface area (Å²) in [5.41, 5.74) is -0.958. The first-order valence-electron chi connectivity index (χ1n) is 4.75. The second-order valence-electron chi connectivity index (χ2n) is 3.46. The predicted octanol–water partition coefficient (Wildman–Crippen LogP) is 2.91. The first-order chi connectivity index (χ1) is 8.71. The molecule has 1 aromatic carbocycles. The molecule has 0 N–H and O–H groups in total. The third kappa shape index (κ3) is 2.74. The van der Waals surface area contributed by atoms with Crippen molar-refractivity contribution in [1.29, 1.82) is 0 Å². The van der Waals surface area contributed by atoms with Gasteiger partial charge in [0.05, 0.1) is 11.8 Å². The van der Waals surface area contributed by atoms with Crippen LogP contribution in [-0.4, -0.2) is 13.6 Å². The van der Waals surface area contributed by atoms with Gasteiger partial charge in [0, 0.05) is 0 Å². The van der Waals surface area contributed by atoms with E-state index >= 15 is 0 Å². The van der Waals surface area contributed by atoms with E-state index in [0.29, 0.717) is 6.07 Å². The van der Waals surface area contributed by atoms with Crippen LogP contribution in [0.15, 0.2) is 39.8 Å². The summed E-state index contributed by atoms with van der Waals surface area (Å²) in [5, 5.41) is -0.753. The van der Waals surface area contributed by atoms with Gasteiger partial charge >= 0.3 is 11.4 Å². The second-order valence-corrected chi connectivity index (χ2v) is 5.89. The SMILES string of the molecule is O=S1(=O)C(Cl)=CN=C1Oc1cccc(C(F)(F)F)c1. The lowest BCUT2D eigenvalue weighted by Crippen LogP contribution is -2.18. The van der Waals surface area contributed by atoms with Crippen molar-refractivity contribution in [1.82, 2.24) is 0 Å². The van der Waals surface area contributed by atoms with Crippen LogP contribution in [0.2, 0.25) is 0 Å². The highest BCUT2D eigenvalue weighted by Gasteiger charge is 2.33. The molecule has 0 amide bonds. The summed E-state index contributed by atoms with van der Waals surface area (Å²) >= 11 is 5.37. The molecule has 102 valence electrons. The molecule has 0 aliphatic carbocycles. The lowest BCUT2D eigenvalue weighted by atomic mass is 10.2. The van der Waals surface area contributed by atoms with Crippen LogP contribution >= 0.6 is 11.6 Å². The highest BCUT2D eigenvalue weighted by Crippen LogP contribution is 2.32. The zero-order valence-electron chi connectivity index (χ0n) is 8.98. The van der Waals surface area contributed by atoms with Crippen molar-refractivity contribution in [2.45, 2.75) is 6.18 Å². The lowest BCUT2D eigenvalue weighted by molar-refractivity contribution is -0.137. The van der Waals surface area contributed by atoms with Crippen LogP contribution in [0.3, 0.4) is 0 Å². The van der Waals surface area contributed by atoms with Crippen molar-refractivity contribution < 1.29 is 26.3 Å². The number of rotatable bonds is 1. The van der Waals surface area contributed by atoms with Gasteiger partial charge < -0.3 is 4.74 Å². The molecule has 0 spiro atoms. The number of nitrogens with zero attached hydrogens (tertiary/aromatic N) is 1. The summed E-state index contributed by atoms with van der Waals surface area (Å²) in [6, 6.07) is 3.78. The van der Waals surface area contributed by atoms with Gasteiger partial charge in [-0.05, 0) is 18.2 Å². The zero-order chi connectivity index (χ0) is 14.3. The summed E-state index contributed by atoms with van der Waals surface area (Å²) in [5.74, 6) is -0.295. The maximum Gasteiger partial charge on any atom is 0.416 e. The highest BCUT2D eigenvalue weighted by molar-refractivity contribution is 8.10. The van der Waals surface area contributed by atoms with E-state index in [9.17, 15) is 21.6 Å². The zero-order valence-corrected chi connectivity index (χ0v) is 10.6. The van der Waals surface area contributed by atoms with Gasteiger partial charge in [0.2, 0.25) is 0 Å². The molecule has 2 rings (SSSR count). The summed E-state index contributed by atoms with van der Waals surface area (Å²) < 4.78 is 64.7. The Morgan fingerprint density at radius 2 is 1.95 bits per heavy atom. The molecule has 19 heavy (non-hydrogen) atoms. The number of sulfone groups is 1. The van der Waals surface area contributed by atoms with Gasteiger partial charge in [0.1, 0.15) is 5.75 Å². The summed E-state index contributed by atoms with van der Waals surface area (Å²) in [7, 11) is -4.04. The van der Waals surface area contributed by atoms with E-state index in [4.69, 9.17) is 16.3 Å². The molecule has 1 aromatic rings. The Labute approximate surface area is 111 Å². The topological polar surface area (TPSA) is 55.7 Å². The van der Waals surface area contributed by atoms with Crippen LogP contribution in [-0.2, 0) is 16.0 Å². The van der Waals surface area contributed by atoms with Gasteiger partial charge in [-0.3, -0.25) is 0 Å². The Kier molecular flexibility index (Phi) is 3.31. The van der Waals surface area contributed by atoms with Gasteiger partial charge in [-0.1, -0.05) is 17.7 Å². The van der Waals surface area contributed by atoms with Crippen LogP contribution in [0.4, 0.5) is 13.2 Å². The number of ether oxygens (including phenoxy) is 1. The number of benzene rings is 1. The fraction of sp³-hybridized carbons (Fsp3) is 0.100. The molecule has 9 heteroatoms. The molecule has 4 nitrogen and oxygen atoms in total. The minimum atomic E-state index is -4.55. The van der Waals surface area contributed by atoms with Crippen LogP contribution in [0, 0.1) is 0 Å². The average Bonchev–Trinajstić information content (AvgIpc) is 2.55. The first-order valence-corrected chi connectivity index (χ1v) is 6.61. The van der Waals surface area contributed by atoms with Gasteiger partial charge in [0.25, 0.3) is 9.84 Å². The number of alkyl halides is 3. The fourth-order valence-corrected chi connectivity index (χ4v) is 2.25. The van der Waals surface area contributed by atoms with E-state index in [1.165, 1.54) is 6.07 Å². The molecule has 1 aliphatic heterocycles. The van der Waals surface area contributed by atoms with Crippen molar-refractivity contribution >= 4 is 26.7 Å². The average molecular weight is 312 g/mol. The third-order valence-corrected chi connectivity index (χ3v) is 4.10. The molecule has 0 bridgehead atoms. The van der Waals surface area contributed by atoms with E-state index in [-0.39, 0.29) is 5.75 Å². The summed E-state index contributed by atoms with van der Waals surface area (Å²) in [6.07, 6.45) is -3.70. The molecular weight excluding hydrogens is 307 g/mol. The molecular formula is C10H5ClF3NO3S. The monoisotopic (exact) mass is 311 g/mol. The molecule has 0 saturated heterocycles. The summed E-state index contributed by atoms with van der Waals surface area (Å²) in [4.78, 5) is 3.39. The summed E-state index contributed by atoms with van der Waals surface area (Å²) in [6.45, 7) is 0. The number of hydrogen-bond acceptors (Lipinski definition) is 4. The Morgan fingerprint density at radius 3 is 2.47 bits per heavy atom. The highest BCUT2D eigenvalue weighted by atomic mass is 35.5. The Morgan fingerprint density at radius 1 is 1.26 bits per heavy atom. The standard InChI is InChI=1S/C10H5ClF3NO3S/c11-8-5-15-9(19(8,16)17)18-7-3-1-2-6(4-7)10(12,13)14/h1-5H. The second kappa shape index (κ2) is 4.53. The van der Waals surface area contributed by atoms with E-state index in [1.54, 1.807) is 0 Å². The van der Waals surface area contributed by atoms with E-state index in [1.807, 2.05) is 0 Å². The Bertz CT molecular complexity index is 680. The largest absolute Gasteiger partial charge is 0.430 e. The van der Waals surface area contributed by atoms with Gasteiger partial charge in [-0.25, -0.2) is 13.4 Å². The van der Waals surface area contributed by atoms with Crippen molar-refractivity contribution in [3.8, 4) is 5.75 Å². The quantitative estimate of drug-likeness (QED) is 0.801. The molecule has 0 saturated carbocycles. The molecule has 0 atom stereocenters. The number of aliphatic imine (C=N–C) groups is 1. The number of halogens is 4. The van der Waals surface area contributed by atoms with Crippen molar-refractivity contribution in [2.24, 2.45) is 4.99 Å². The van der Waals surface area contributed by atoms with Crippen LogP contribution < -0.4 is 4.74 Å². The normalized spacial score (nSPS) is 17.9. The molecule has 0 aromatic heterocycles. The van der Waals surface area contributed by atoms with Gasteiger partial charge in [-0.15, -0.1) is 0 Å². The van der Waals surface area contributed by atoms with Crippen molar-refractivity contribution in [2.75, 3.05) is 0 Å². The molecule has 0 radical (unpaired) electrons. The Balaban J connectivity index is 2.28. The van der Waals surface area contributed by atoms with E-state index < -0.39 is 31.2 Å². The van der Waals surface area contributed by atoms with Crippen molar-refractivity contribution in [3.05, 3.63) is 40.4 Å². The molecule has 0 unspecified atom stereocenters. The van der Waals surface area contributed by atoms with E-state index in [2.05, 4.69) is 4.99 Å². The van der Waals surface area contributed by atoms with Gasteiger partial charge in [0.15, 0.2) is 4.36 Å². The lowest BCUT2D eigenvalue weighted by Gasteiger charge is -2.09. The smallest absolute Gasteiger partial charge is 0.416 e. The van der Waals surface area contributed by atoms with Crippen molar-refractivity contribution in [3.63, 3.8) is 0 Å². The third-order valence-electron chi connectivity index (χ3n) is 2.12. The van der Waals surface area contributed by atoms with Gasteiger partial charge in [-0.2, -0.15) is 13.2 Å². The molecule has 1 heterocycles. The van der Waals surface area contributed by atoms with Crippen LogP contribution in [0.1, 0.15) is 5.56 Å². The van der Waals surface area contributed by atoms with Crippen LogP contribution in [0.5, 0.6) is 5.75 Å². The predicted molar refractivity (Wildman–Crippen MR) is 62.4 cm³/mol. The fourth-order valence-electron chi connectivity index (χ4n) is 1.24. The number of hydrogen-bond donors (Lipinski definition) is 0. The van der Waals surface area contributed by atoms with Crippen LogP contribution in [0.25, 0.3) is 0 Å².